The lowest BCUT2D eigenvalue weighted by atomic mass is 9.95. The van der Waals surface area contributed by atoms with E-state index in [1.54, 1.807) is 14.0 Å². The maximum Gasteiger partial charge on any atom is 0.333 e. The Balaban J connectivity index is 1.62. The van der Waals surface area contributed by atoms with Gasteiger partial charge in [0.15, 0.2) is 0 Å². The first-order chi connectivity index (χ1) is 14.6. The van der Waals surface area contributed by atoms with Crippen LogP contribution in [0.1, 0.15) is 18.1 Å². The molecular formula is C26H26O4. The second kappa shape index (κ2) is 10.3. The van der Waals surface area contributed by atoms with Crippen molar-refractivity contribution in [2.24, 2.45) is 0 Å². The molecule has 3 aromatic carbocycles. The Hall–Kier alpha value is -3.53. The lowest BCUT2D eigenvalue weighted by Gasteiger charge is -2.12. The summed E-state index contributed by atoms with van der Waals surface area (Å²) in [5.74, 6) is 1.19. The number of hydrogen-bond acceptors (Lipinski definition) is 4. The summed E-state index contributed by atoms with van der Waals surface area (Å²) in [6.07, 6.45) is 0.818. The van der Waals surface area contributed by atoms with E-state index in [1.807, 2.05) is 24.3 Å². The first kappa shape index (κ1) is 21.2. The maximum absolute atomic E-state index is 11.4. The van der Waals surface area contributed by atoms with Crippen molar-refractivity contribution in [2.75, 3.05) is 20.3 Å². The second-order valence-corrected chi connectivity index (χ2v) is 6.97. The largest absolute Gasteiger partial charge is 0.497 e. The monoisotopic (exact) mass is 402 g/mol. The Bertz CT molecular complexity index is 988. The van der Waals surface area contributed by atoms with Crippen LogP contribution < -0.4 is 9.47 Å². The predicted octanol–water partition coefficient (Wildman–Crippen LogP) is 5.45. The molecule has 0 saturated heterocycles. The molecular weight excluding hydrogens is 376 g/mol. The summed E-state index contributed by atoms with van der Waals surface area (Å²) in [6, 6.07) is 24.5. The van der Waals surface area contributed by atoms with Gasteiger partial charge in [0.05, 0.1) is 7.11 Å². The molecule has 0 radical (unpaired) electrons. The van der Waals surface area contributed by atoms with Crippen molar-refractivity contribution in [1.29, 1.82) is 0 Å². The Morgan fingerprint density at radius 2 is 1.53 bits per heavy atom. The summed E-state index contributed by atoms with van der Waals surface area (Å²) < 4.78 is 15.9. The molecule has 30 heavy (non-hydrogen) atoms. The van der Waals surface area contributed by atoms with Gasteiger partial charge in [-0.3, -0.25) is 0 Å². The first-order valence-corrected chi connectivity index (χ1v) is 9.83. The third-order valence-corrected chi connectivity index (χ3v) is 4.67. The quantitative estimate of drug-likeness (QED) is 0.271. The lowest BCUT2D eigenvalue weighted by molar-refractivity contribution is -0.139. The molecule has 0 spiro atoms. The van der Waals surface area contributed by atoms with Crippen molar-refractivity contribution >= 4 is 5.97 Å². The van der Waals surface area contributed by atoms with E-state index in [9.17, 15) is 4.79 Å². The maximum atomic E-state index is 11.4. The molecule has 0 fully saturated rings. The van der Waals surface area contributed by atoms with Crippen molar-refractivity contribution in [3.05, 3.63) is 96.1 Å². The topological polar surface area (TPSA) is 44.8 Å². The Kier molecular flexibility index (Phi) is 7.28. The number of rotatable bonds is 9. The van der Waals surface area contributed by atoms with Gasteiger partial charge in [-0.2, -0.15) is 0 Å². The number of ether oxygens (including phenoxy) is 3. The van der Waals surface area contributed by atoms with Crippen LogP contribution in [0, 0.1) is 0 Å². The van der Waals surface area contributed by atoms with E-state index >= 15 is 0 Å². The van der Waals surface area contributed by atoms with Gasteiger partial charge in [-0.05, 0) is 59.9 Å². The third-order valence-electron chi connectivity index (χ3n) is 4.67. The van der Waals surface area contributed by atoms with Crippen LogP contribution in [0.25, 0.3) is 11.1 Å². The number of benzene rings is 3. The molecule has 0 aromatic heterocycles. The van der Waals surface area contributed by atoms with Crippen LogP contribution in [-0.4, -0.2) is 26.3 Å². The molecule has 3 aromatic rings. The van der Waals surface area contributed by atoms with Crippen LogP contribution >= 0.6 is 0 Å². The minimum Gasteiger partial charge on any atom is -0.497 e. The highest BCUT2D eigenvalue weighted by Crippen LogP contribution is 2.27. The molecule has 4 nitrogen and oxygen atoms in total. The van der Waals surface area contributed by atoms with E-state index in [0.29, 0.717) is 12.2 Å². The summed E-state index contributed by atoms with van der Waals surface area (Å²) in [5, 5.41) is 0. The van der Waals surface area contributed by atoms with Gasteiger partial charge >= 0.3 is 5.97 Å². The van der Waals surface area contributed by atoms with Crippen molar-refractivity contribution in [1.82, 2.24) is 0 Å². The molecule has 0 saturated carbocycles. The highest BCUT2D eigenvalue weighted by molar-refractivity contribution is 5.86. The molecule has 0 aliphatic rings. The van der Waals surface area contributed by atoms with Gasteiger partial charge in [-0.1, -0.05) is 55.1 Å². The third kappa shape index (κ3) is 5.74. The molecule has 0 atom stereocenters. The Morgan fingerprint density at radius 3 is 2.20 bits per heavy atom. The van der Waals surface area contributed by atoms with Gasteiger partial charge in [-0.15, -0.1) is 0 Å². The molecule has 0 bridgehead atoms. The standard InChI is InChI=1S/C26H26O4/c1-19(2)26(27)30-17-16-29-24-12-8-20(9-13-24)18-22-6-4-5-7-25(22)21-10-14-23(28-3)15-11-21/h4-15H,1,16-18H2,2-3H3. The van der Waals surface area contributed by atoms with E-state index in [0.717, 1.165) is 23.5 Å². The molecule has 0 unspecified atom stereocenters. The van der Waals surface area contributed by atoms with Crippen molar-refractivity contribution in [3.63, 3.8) is 0 Å². The number of carbonyl (C=O) groups excluding carboxylic acids is 1. The van der Waals surface area contributed by atoms with E-state index in [4.69, 9.17) is 14.2 Å². The number of esters is 1. The molecule has 154 valence electrons. The number of methoxy groups -OCH3 is 1. The molecule has 4 heteroatoms. The summed E-state index contributed by atoms with van der Waals surface area (Å²) in [6.45, 7) is 5.67. The van der Waals surface area contributed by atoms with E-state index in [2.05, 4.69) is 55.1 Å². The molecule has 0 aliphatic carbocycles. The Morgan fingerprint density at radius 1 is 0.867 bits per heavy atom. The molecule has 0 N–H and O–H groups in total. The zero-order chi connectivity index (χ0) is 21.3. The van der Waals surface area contributed by atoms with Gasteiger partial charge in [0, 0.05) is 5.57 Å². The highest BCUT2D eigenvalue weighted by atomic mass is 16.6. The van der Waals surface area contributed by atoms with Crippen LogP contribution in [-0.2, 0) is 16.0 Å². The lowest BCUT2D eigenvalue weighted by Crippen LogP contribution is -2.12. The molecule has 3 rings (SSSR count). The SMILES string of the molecule is C=C(C)C(=O)OCCOc1ccc(Cc2ccccc2-c2ccc(OC)cc2)cc1. The summed E-state index contributed by atoms with van der Waals surface area (Å²) in [5.41, 5.74) is 5.20. The normalized spacial score (nSPS) is 10.3. The van der Waals surface area contributed by atoms with Gasteiger partial charge in [0.2, 0.25) is 0 Å². The van der Waals surface area contributed by atoms with Gasteiger partial charge < -0.3 is 14.2 Å². The zero-order valence-corrected chi connectivity index (χ0v) is 17.4. The van der Waals surface area contributed by atoms with Gasteiger partial charge in [0.25, 0.3) is 0 Å². The van der Waals surface area contributed by atoms with Crippen LogP contribution in [0.4, 0.5) is 0 Å². The van der Waals surface area contributed by atoms with E-state index in [1.165, 1.54) is 16.7 Å². The second-order valence-electron chi connectivity index (χ2n) is 6.97. The van der Waals surface area contributed by atoms with E-state index in [-0.39, 0.29) is 6.61 Å². The number of carbonyl (C=O) groups is 1. The first-order valence-electron chi connectivity index (χ1n) is 9.83. The average Bonchev–Trinajstić information content (AvgIpc) is 2.78. The summed E-state index contributed by atoms with van der Waals surface area (Å²) >= 11 is 0. The Labute approximate surface area is 177 Å². The van der Waals surface area contributed by atoms with Crippen molar-refractivity contribution < 1.29 is 19.0 Å². The smallest absolute Gasteiger partial charge is 0.333 e. The average molecular weight is 402 g/mol. The van der Waals surface area contributed by atoms with Crippen LogP contribution in [0.15, 0.2) is 84.9 Å². The fraction of sp³-hybridized carbons (Fsp3) is 0.192. The van der Waals surface area contributed by atoms with Crippen LogP contribution in [0.2, 0.25) is 0 Å². The minimum atomic E-state index is -0.399. The van der Waals surface area contributed by atoms with Crippen molar-refractivity contribution in [3.8, 4) is 22.6 Å². The van der Waals surface area contributed by atoms with Gasteiger partial charge in [-0.25, -0.2) is 4.79 Å². The predicted molar refractivity (Wildman–Crippen MR) is 119 cm³/mol. The van der Waals surface area contributed by atoms with Crippen LogP contribution in [0.5, 0.6) is 11.5 Å². The number of hydrogen-bond donors (Lipinski definition) is 0. The highest BCUT2D eigenvalue weighted by Gasteiger charge is 2.07. The fourth-order valence-corrected chi connectivity index (χ4v) is 3.07. The van der Waals surface area contributed by atoms with Crippen LogP contribution in [0.3, 0.4) is 0 Å². The van der Waals surface area contributed by atoms with Gasteiger partial charge in [0.1, 0.15) is 24.7 Å². The van der Waals surface area contributed by atoms with E-state index < -0.39 is 5.97 Å². The summed E-state index contributed by atoms with van der Waals surface area (Å²) in [7, 11) is 1.67. The zero-order valence-electron chi connectivity index (χ0n) is 17.4. The minimum absolute atomic E-state index is 0.197. The summed E-state index contributed by atoms with van der Waals surface area (Å²) in [4.78, 5) is 11.4. The van der Waals surface area contributed by atoms with Crippen molar-refractivity contribution in [2.45, 2.75) is 13.3 Å². The molecule has 0 amide bonds. The molecule has 0 heterocycles. The fourth-order valence-electron chi connectivity index (χ4n) is 3.07. The molecule has 0 aliphatic heterocycles.